The van der Waals surface area contributed by atoms with E-state index in [1.807, 2.05) is 0 Å². The van der Waals surface area contributed by atoms with Crippen LogP contribution in [0.1, 0.15) is 33.3 Å². The summed E-state index contributed by atoms with van der Waals surface area (Å²) in [5, 5.41) is 9.35. The Hall–Kier alpha value is -1.31. The van der Waals surface area contributed by atoms with Crippen LogP contribution in [0.5, 0.6) is 0 Å². The number of nitriles is 1. The number of halogens is 1. The fourth-order valence-corrected chi connectivity index (χ4v) is 2.86. The molecule has 1 aliphatic rings. The average Bonchev–Trinajstić information content (AvgIpc) is 2.24. The maximum Gasteiger partial charge on any atom is 0.132 e. The van der Waals surface area contributed by atoms with Gasteiger partial charge in [0.1, 0.15) is 11.0 Å². The van der Waals surface area contributed by atoms with Gasteiger partial charge in [0.25, 0.3) is 0 Å². The van der Waals surface area contributed by atoms with Crippen LogP contribution in [0.15, 0.2) is 12.1 Å². The molecule has 0 aliphatic carbocycles. The van der Waals surface area contributed by atoms with Crippen molar-refractivity contribution < 1.29 is 4.74 Å². The Morgan fingerprint density at radius 3 is 2.37 bits per heavy atom. The fourth-order valence-electron chi connectivity index (χ4n) is 2.66. The van der Waals surface area contributed by atoms with Gasteiger partial charge in [-0.1, -0.05) is 11.6 Å². The number of nitrogens with zero attached hydrogens (tertiary/aromatic N) is 3. The monoisotopic (exact) mass is 279 g/mol. The molecule has 0 N–H and O–H groups in total. The zero-order valence-electron chi connectivity index (χ0n) is 11.7. The molecule has 0 saturated carbocycles. The molecule has 0 radical (unpaired) electrons. The second-order valence-electron chi connectivity index (χ2n) is 6.13. The van der Waals surface area contributed by atoms with Crippen LogP contribution in [0.2, 0.25) is 5.15 Å². The van der Waals surface area contributed by atoms with Crippen molar-refractivity contribution in [3.8, 4) is 6.07 Å². The lowest BCUT2D eigenvalue weighted by Crippen LogP contribution is -2.57. The van der Waals surface area contributed by atoms with Gasteiger partial charge in [0.05, 0.1) is 22.8 Å². The lowest BCUT2D eigenvalue weighted by Gasteiger charge is -2.47. The molecule has 0 unspecified atom stereocenters. The molecule has 4 nitrogen and oxygen atoms in total. The molecule has 5 heteroatoms. The van der Waals surface area contributed by atoms with Crippen molar-refractivity contribution in [2.24, 2.45) is 0 Å². The molecule has 0 atom stereocenters. The van der Waals surface area contributed by atoms with E-state index in [2.05, 4.69) is 43.6 Å². The number of ether oxygens (including phenoxy) is 1. The first-order valence-corrected chi connectivity index (χ1v) is 6.61. The van der Waals surface area contributed by atoms with Crippen molar-refractivity contribution in [2.45, 2.75) is 38.9 Å². The van der Waals surface area contributed by atoms with E-state index in [-0.39, 0.29) is 11.2 Å². The first-order chi connectivity index (χ1) is 8.71. The van der Waals surface area contributed by atoms with E-state index in [1.54, 1.807) is 12.1 Å². The van der Waals surface area contributed by atoms with Crippen LogP contribution in [0.4, 0.5) is 5.82 Å². The molecule has 1 aliphatic heterocycles. The molecule has 102 valence electrons. The Morgan fingerprint density at radius 2 is 1.84 bits per heavy atom. The quantitative estimate of drug-likeness (QED) is 0.742. The molecule has 2 heterocycles. The highest BCUT2D eigenvalue weighted by Gasteiger charge is 2.38. The molecular formula is C14H18ClN3O. The van der Waals surface area contributed by atoms with Crippen LogP contribution in [-0.4, -0.2) is 29.3 Å². The van der Waals surface area contributed by atoms with Crippen molar-refractivity contribution in [3.63, 3.8) is 0 Å². The number of aromatic nitrogens is 1. The Kier molecular flexibility index (Phi) is 3.46. The van der Waals surface area contributed by atoms with Crippen LogP contribution in [0, 0.1) is 11.3 Å². The molecule has 0 aromatic carbocycles. The van der Waals surface area contributed by atoms with Crippen molar-refractivity contribution in [3.05, 3.63) is 22.8 Å². The van der Waals surface area contributed by atoms with Gasteiger partial charge in [0.15, 0.2) is 0 Å². The summed E-state index contributed by atoms with van der Waals surface area (Å²) in [6.45, 7) is 9.64. The van der Waals surface area contributed by atoms with Gasteiger partial charge in [-0.3, -0.25) is 0 Å². The summed E-state index contributed by atoms with van der Waals surface area (Å²) in [7, 11) is 0. The topological polar surface area (TPSA) is 49.2 Å². The zero-order valence-corrected chi connectivity index (χ0v) is 12.5. The number of hydrogen-bond donors (Lipinski definition) is 0. The molecule has 19 heavy (non-hydrogen) atoms. The summed E-state index contributed by atoms with van der Waals surface area (Å²) in [6.07, 6.45) is 0. The van der Waals surface area contributed by atoms with Gasteiger partial charge in [0.2, 0.25) is 0 Å². The van der Waals surface area contributed by atoms with Crippen LogP contribution in [0.25, 0.3) is 0 Å². The Balaban J connectivity index is 2.36. The van der Waals surface area contributed by atoms with Crippen molar-refractivity contribution in [1.29, 1.82) is 5.26 Å². The minimum absolute atomic E-state index is 0.265. The van der Waals surface area contributed by atoms with Crippen LogP contribution >= 0.6 is 11.6 Å². The summed E-state index contributed by atoms with van der Waals surface area (Å²) in [5.74, 6) is 0.730. The van der Waals surface area contributed by atoms with E-state index in [4.69, 9.17) is 21.6 Å². The van der Waals surface area contributed by atoms with Crippen LogP contribution in [0.3, 0.4) is 0 Å². The van der Waals surface area contributed by atoms with Crippen LogP contribution < -0.4 is 4.90 Å². The zero-order chi connectivity index (χ0) is 14.3. The summed E-state index contributed by atoms with van der Waals surface area (Å²) < 4.78 is 6.03. The fraction of sp³-hybridized carbons (Fsp3) is 0.571. The minimum atomic E-state index is -0.265. The largest absolute Gasteiger partial charge is 0.366 e. The predicted octanol–water partition coefficient (Wildman–Crippen LogP) is 3.00. The highest BCUT2D eigenvalue weighted by molar-refractivity contribution is 6.29. The van der Waals surface area contributed by atoms with Crippen molar-refractivity contribution >= 4 is 17.4 Å². The summed E-state index contributed by atoms with van der Waals surface area (Å²) in [4.78, 5) is 6.44. The van der Waals surface area contributed by atoms with Crippen molar-refractivity contribution in [2.75, 3.05) is 18.0 Å². The second kappa shape index (κ2) is 4.66. The van der Waals surface area contributed by atoms with Gasteiger partial charge in [-0.05, 0) is 39.8 Å². The van der Waals surface area contributed by atoms with Gasteiger partial charge in [-0.15, -0.1) is 0 Å². The summed E-state index contributed by atoms with van der Waals surface area (Å²) in [6, 6.07) is 5.44. The Morgan fingerprint density at radius 1 is 1.26 bits per heavy atom. The Bertz CT molecular complexity index is 518. The van der Waals surface area contributed by atoms with Gasteiger partial charge in [0, 0.05) is 13.1 Å². The molecule has 2 rings (SSSR count). The first kappa shape index (κ1) is 14.1. The molecular weight excluding hydrogens is 262 g/mol. The molecule has 0 amide bonds. The van der Waals surface area contributed by atoms with Crippen molar-refractivity contribution in [1.82, 2.24) is 4.98 Å². The highest BCUT2D eigenvalue weighted by Crippen LogP contribution is 2.31. The van der Waals surface area contributed by atoms with E-state index in [1.165, 1.54) is 0 Å². The van der Waals surface area contributed by atoms with Gasteiger partial charge in [-0.25, -0.2) is 4.98 Å². The first-order valence-electron chi connectivity index (χ1n) is 6.24. The lowest BCUT2D eigenvalue weighted by atomic mass is 9.99. The third-order valence-electron chi connectivity index (χ3n) is 2.93. The van der Waals surface area contributed by atoms with Gasteiger partial charge < -0.3 is 9.64 Å². The van der Waals surface area contributed by atoms with Crippen LogP contribution in [-0.2, 0) is 4.74 Å². The van der Waals surface area contributed by atoms with E-state index < -0.39 is 0 Å². The lowest BCUT2D eigenvalue weighted by molar-refractivity contribution is -0.133. The van der Waals surface area contributed by atoms with Gasteiger partial charge >= 0.3 is 0 Å². The third kappa shape index (κ3) is 3.37. The van der Waals surface area contributed by atoms with Gasteiger partial charge in [-0.2, -0.15) is 5.26 Å². The third-order valence-corrected chi connectivity index (χ3v) is 3.12. The highest BCUT2D eigenvalue weighted by atomic mass is 35.5. The maximum atomic E-state index is 9.01. The molecule has 1 fully saturated rings. The molecule has 1 saturated heterocycles. The molecule has 1 aromatic heterocycles. The Labute approximate surface area is 118 Å². The maximum absolute atomic E-state index is 9.01. The number of anilines is 1. The summed E-state index contributed by atoms with van der Waals surface area (Å²) in [5.41, 5.74) is -0.00555. The molecule has 0 spiro atoms. The van der Waals surface area contributed by atoms with E-state index in [0.717, 1.165) is 5.82 Å². The number of morpholine rings is 1. The number of hydrogen-bond acceptors (Lipinski definition) is 4. The number of pyridine rings is 1. The minimum Gasteiger partial charge on any atom is -0.366 e. The predicted molar refractivity (Wildman–Crippen MR) is 75.4 cm³/mol. The van der Waals surface area contributed by atoms with E-state index in [0.29, 0.717) is 23.8 Å². The summed E-state index contributed by atoms with van der Waals surface area (Å²) >= 11 is 5.97. The second-order valence-corrected chi connectivity index (χ2v) is 6.51. The SMILES string of the molecule is CC1(C)CN(c2cc(C#N)cc(Cl)n2)CC(C)(C)O1. The normalized spacial score (nSPS) is 20.9. The standard InChI is InChI=1S/C14H18ClN3O/c1-13(2)8-18(9-14(3,4)19-13)12-6-10(7-16)5-11(15)17-12/h5-6H,8-9H2,1-4H3. The average molecular weight is 280 g/mol. The molecule has 1 aromatic rings. The number of rotatable bonds is 1. The molecule has 0 bridgehead atoms. The van der Waals surface area contributed by atoms with E-state index in [9.17, 15) is 0 Å². The van der Waals surface area contributed by atoms with E-state index >= 15 is 0 Å². The smallest absolute Gasteiger partial charge is 0.132 e.